The van der Waals surface area contributed by atoms with Crippen molar-refractivity contribution in [2.24, 2.45) is 0 Å². The normalized spacial score (nSPS) is 14.2. The first-order valence-corrected chi connectivity index (χ1v) is 13.6. The van der Waals surface area contributed by atoms with E-state index in [-0.39, 0.29) is 12.5 Å². The van der Waals surface area contributed by atoms with Crippen LogP contribution in [0.2, 0.25) is 10.0 Å². The summed E-state index contributed by atoms with van der Waals surface area (Å²) < 4.78 is 11.9. The highest BCUT2D eigenvalue weighted by Crippen LogP contribution is 2.38. The lowest BCUT2D eigenvalue weighted by Gasteiger charge is -2.16. The molecule has 0 spiro atoms. The highest BCUT2D eigenvalue weighted by Gasteiger charge is 2.33. The molecule has 0 aliphatic carbocycles. The summed E-state index contributed by atoms with van der Waals surface area (Å²) >= 11 is 18.8. The fourth-order valence-corrected chi connectivity index (χ4v) is 5.38. The molecule has 38 heavy (non-hydrogen) atoms. The molecular formula is C28H24Cl2N2O4S2. The first-order chi connectivity index (χ1) is 18.2. The van der Waals surface area contributed by atoms with E-state index in [0.29, 0.717) is 43.1 Å². The van der Waals surface area contributed by atoms with Gasteiger partial charge in [-0.3, -0.25) is 14.5 Å². The molecule has 10 heteroatoms. The Balaban J connectivity index is 1.48. The SMILES string of the molecule is CCOc1cc(/C=C2\SC(=S)N(c3ccc(C)c(C)c3)C2=O)ccc1OCC(=O)Nc1ccc(Cl)cc1Cl. The number of anilines is 2. The molecule has 2 amide bonds. The van der Waals surface area contributed by atoms with Gasteiger partial charge >= 0.3 is 0 Å². The third-order valence-electron chi connectivity index (χ3n) is 5.67. The van der Waals surface area contributed by atoms with E-state index in [9.17, 15) is 9.59 Å². The average Bonchev–Trinajstić information content (AvgIpc) is 3.14. The maximum atomic E-state index is 13.2. The number of benzene rings is 3. The fraction of sp³-hybridized carbons (Fsp3) is 0.179. The molecule has 0 radical (unpaired) electrons. The van der Waals surface area contributed by atoms with Crippen molar-refractivity contribution in [2.45, 2.75) is 20.8 Å². The minimum absolute atomic E-state index is 0.181. The standard InChI is InChI=1S/C28H24Cl2N2O4S2/c1-4-35-24-12-18(6-10-23(24)36-15-26(33)31-22-9-7-19(29)14-21(22)30)13-25-27(34)32(28(37)38-25)20-8-5-16(2)17(3)11-20/h5-14H,4,15H2,1-3H3,(H,31,33)/b25-13-. The summed E-state index contributed by atoms with van der Waals surface area (Å²) in [7, 11) is 0. The summed E-state index contributed by atoms with van der Waals surface area (Å²) in [4.78, 5) is 27.7. The molecule has 1 N–H and O–H groups in total. The molecule has 3 aromatic carbocycles. The predicted octanol–water partition coefficient (Wildman–Crippen LogP) is 7.43. The minimum Gasteiger partial charge on any atom is -0.490 e. The number of thioether (sulfide) groups is 1. The van der Waals surface area contributed by atoms with Gasteiger partial charge in [-0.2, -0.15) is 0 Å². The van der Waals surface area contributed by atoms with Gasteiger partial charge in [0.1, 0.15) is 0 Å². The fourth-order valence-electron chi connectivity index (χ4n) is 3.63. The van der Waals surface area contributed by atoms with Crippen LogP contribution < -0.4 is 19.7 Å². The van der Waals surface area contributed by atoms with Crippen molar-refractivity contribution in [2.75, 3.05) is 23.4 Å². The Morgan fingerprint density at radius 3 is 2.53 bits per heavy atom. The number of thiocarbonyl (C=S) groups is 1. The number of ether oxygens (including phenoxy) is 2. The Kier molecular flexibility index (Phi) is 8.99. The van der Waals surface area contributed by atoms with E-state index in [1.165, 1.54) is 11.8 Å². The van der Waals surface area contributed by atoms with Gasteiger partial charge in [0.2, 0.25) is 0 Å². The lowest BCUT2D eigenvalue weighted by molar-refractivity contribution is -0.118. The number of nitrogens with one attached hydrogen (secondary N) is 1. The van der Waals surface area contributed by atoms with Crippen LogP contribution in [0.4, 0.5) is 11.4 Å². The van der Waals surface area contributed by atoms with Crippen LogP contribution in [-0.2, 0) is 9.59 Å². The van der Waals surface area contributed by atoms with Gasteiger partial charge in [-0.25, -0.2) is 0 Å². The maximum absolute atomic E-state index is 13.2. The van der Waals surface area contributed by atoms with Crippen LogP contribution in [0.15, 0.2) is 59.5 Å². The van der Waals surface area contributed by atoms with E-state index >= 15 is 0 Å². The van der Waals surface area contributed by atoms with Crippen LogP contribution >= 0.6 is 47.2 Å². The molecule has 4 rings (SSSR count). The van der Waals surface area contributed by atoms with E-state index in [0.717, 1.165) is 22.4 Å². The number of nitrogens with zero attached hydrogens (tertiary/aromatic N) is 1. The van der Waals surface area contributed by atoms with Crippen LogP contribution in [0.5, 0.6) is 11.5 Å². The molecule has 0 aromatic heterocycles. The topological polar surface area (TPSA) is 67.9 Å². The van der Waals surface area contributed by atoms with Crippen molar-refractivity contribution in [1.82, 2.24) is 0 Å². The number of halogens is 2. The number of carbonyl (C=O) groups excluding carboxylic acids is 2. The molecule has 1 saturated heterocycles. The molecule has 1 heterocycles. The molecule has 3 aromatic rings. The molecule has 0 bridgehead atoms. The number of rotatable bonds is 8. The van der Waals surface area contributed by atoms with Crippen LogP contribution in [0, 0.1) is 13.8 Å². The lowest BCUT2D eigenvalue weighted by Crippen LogP contribution is -2.27. The zero-order valence-corrected chi connectivity index (χ0v) is 24.0. The Morgan fingerprint density at radius 1 is 1.03 bits per heavy atom. The third-order valence-corrected chi connectivity index (χ3v) is 7.52. The van der Waals surface area contributed by atoms with Crippen molar-refractivity contribution in [3.63, 3.8) is 0 Å². The van der Waals surface area contributed by atoms with Gasteiger partial charge in [-0.05, 0) is 86.0 Å². The van der Waals surface area contributed by atoms with Gasteiger partial charge in [0.15, 0.2) is 22.4 Å². The Bertz CT molecular complexity index is 1460. The van der Waals surface area contributed by atoms with Gasteiger partial charge < -0.3 is 14.8 Å². The first-order valence-electron chi connectivity index (χ1n) is 11.7. The molecular weight excluding hydrogens is 563 g/mol. The smallest absolute Gasteiger partial charge is 0.270 e. The Hall–Kier alpha value is -3.04. The van der Waals surface area contributed by atoms with Crippen molar-refractivity contribution >= 4 is 80.8 Å². The van der Waals surface area contributed by atoms with E-state index in [1.807, 2.05) is 39.0 Å². The van der Waals surface area contributed by atoms with Crippen LogP contribution in [0.3, 0.4) is 0 Å². The van der Waals surface area contributed by atoms with Crippen LogP contribution in [-0.4, -0.2) is 29.3 Å². The van der Waals surface area contributed by atoms with Gasteiger partial charge in [0, 0.05) is 5.02 Å². The van der Waals surface area contributed by atoms with Gasteiger partial charge in [-0.15, -0.1) is 0 Å². The summed E-state index contributed by atoms with van der Waals surface area (Å²) in [6.45, 7) is 6.00. The summed E-state index contributed by atoms with van der Waals surface area (Å²) in [6, 6.07) is 15.9. The second-order valence-corrected chi connectivity index (χ2v) is 10.9. The van der Waals surface area contributed by atoms with E-state index < -0.39 is 5.91 Å². The molecule has 196 valence electrons. The van der Waals surface area contributed by atoms with Crippen molar-refractivity contribution in [1.29, 1.82) is 0 Å². The number of hydrogen-bond acceptors (Lipinski definition) is 6. The van der Waals surface area contributed by atoms with Crippen molar-refractivity contribution < 1.29 is 19.1 Å². The highest BCUT2D eigenvalue weighted by molar-refractivity contribution is 8.27. The summed E-state index contributed by atoms with van der Waals surface area (Å²) in [5.74, 6) is 0.266. The second kappa shape index (κ2) is 12.2. The average molecular weight is 588 g/mol. The number of aryl methyl sites for hydroxylation is 2. The molecule has 1 aliphatic heterocycles. The predicted molar refractivity (Wildman–Crippen MR) is 160 cm³/mol. The van der Waals surface area contributed by atoms with Crippen LogP contribution in [0.1, 0.15) is 23.6 Å². The van der Waals surface area contributed by atoms with E-state index in [2.05, 4.69) is 5.32 Å². The number of carbonyl (C=O) groups is 2. The summed E-state index contributed by atoms with van der Waals surface area (Å²) in [5, 5.41) is 3.49. The van der Waals surface area contributed by atoms with Gasteiger partial charge in [0.05, 0.1) is 27.9 Å². The Labute approximate surface area is 240 Å². The minimum atomic E-state index is -0.393. The molecule has 6 nitrogen and oxygen atoms in total. The van der Waals surface area contributed by atoms with Crippen molar-refractivity contribution in [3.8, 4) is 11.5 Å². The van der Waals surface area contributed by atoms with Crippen LogP contribution in [0.25, 0.3) is 6.08 Å². The lowest BCUT2D eigenvalue weighted by atomic mass is 10.1. The Morgan fingerprint density at radius 2 is 1.82 bits per heavy atom. The largest absolute Gasteiger partial charge is 0.490 e. The van der Waals surface area contributed by atoms with Crippen molar-refractivity contribution in [3.05, 3.63) is 86.2 Å². The third kappa shape index (κ3) is 6.50. The van der Waals surface area contributed by atoms with Gasteiger partial charge in [0.25, 0.3) is 11.8 Å². The molecule has 0 saturated carbocycles. The zero-order valence-electron chi connectivity index (χ0n) is 20.8. The van der Waals surface area contributed by atoms with E-state index in [4.69, 9.17) is 44.9 Å². The monoisotopic (exact) mass is 586 g/mol. The van der Waals surface area contributed by atoms with Gasteiger partial charge in [-0.1, -0.05) is 59.3 Å². The number of hydrogen-bond donors (Lipinski definition) is 1. The second-order valence-electron chi connectivity index (χ2n) is 8.39. The maximum Gasteiger partial charge on any atom is 0.270 e. The number of amides is 2. The summed E-state index contributed by atoms with van der Waals surface area (Å²) in [5.41, 5.74) is 4.15. The van der Waals surface area contributed by atoms with E-state index in [1.54, 1.807) is 47.4 Å². The quantitative estimate of drug-likeness (QED) is 0.218. The molecule has 0 unspecified atom stereocenters. The highest BCUT2D eigenvalue weighted by atomic mass is 35.5. The first kappa shape index (κ1) is 28.0. The molecule has 1 fully saturated rings. The molecule has 1 aliphatic rings. The summed E-state index contributed by atoms with van der Waals surface area (Å²) in [6.07, 6.45) is 1.77. The molecule has 0 atom stereocenters. The zero-order chi connectivity index (χ0) is 27.4.